The number of ketones is 1. The van der Waals surface area contributed by atoms with Gasteiger partial charge < -0.3 is 14.8 Å². The summed E-state index contributed by atoms with van der Waals surface area (Å²) in [6, 6.07) is -0.991. The molecule has 0 fully saturated rings. The van der Waals surface area contributed by atoms with Crippen LogP contribution in [0.15, 0.2) is 4.42 Å². The van der Waals surface area contributed by atoms with Crippen molar-refractivity contribution in [3.05, 3.63) is 22.6 Å². The van der Waals surface area contributed by atoms with Crippen molar-refractivity contribution in [1.29, 1.82) is 0 Å². The molecule has 1 amide bonds. The number of fused-ring (bicyclic) bond motifs is 1. The quantitative estimate of drug-likeness (QED) is 0.884. The van der Waals surface area contributed by atoms with Gasteiger partial charge in [0, 0.05) is 18.4 Å². The van der Waals surface area contributed by atoms with E-state index in [2.05, 4.69) is 5.32 Å². The number of carbonyl (C=O) groups excluding carboxylic acids is 2. The SMILES string of the molecule is Cc1c(C(=O)NC(C(=O)O)C(C)C)oc2c1C(=O)CCC2. The van der Waals surface area contributed by atoms with E-state index in [9.17, 15) is 14.4 Å². The third-order valence-corrected chi connectivity index (χ3v) is 3.73. The van der Waals surface area contributed by atoms with Crippen molar-refractivity contribution in [3.63, 3.8) is 0 Å². The summed E-state index contributed by atoms with van der Waals surface area (Å²) in [5.74, 6) is -1.38. The van der Waals surface area contributed by atoms with Gasteiger partial charge in [0.2, 0.25) is 0 Å². The number of aliphatic carboxylic acids is 1. The highest BCUT2D eigenvalue weighted by Gasteiger charge is 2.31. The molecule has 1 aliphatic carbocycles. The van der Waals surface area contributed by atoms with Gasteiger partial charge in [-0.25, -0.2) is 4.79 Å². The Morgan fingerprint density at radius 3 is 2.48 bits per heavy atom. The molecule has 6 nitrogen and oxygen atoms in total. The number of hydrogen-bond donors (Lipinski definition) is 2. The molecule has 0 bridgehead atoms. The van der Waals surface area contributed by atoms with Gasteiger partial charge in [0.15, 0.2) is 11.5 Å². The van der Waals surface area contributed by atoms with Crippen molar-refractivity contribution < 1.29 is 23.9 Å². The summed E-state index contributed by atoms with van der Waals surface area (Å²) in [5.41, 5.74) is 0.989. The Labute approximate surface area is 122 Å². The van der Waals surface area contributed by atoms with Gasteiger partial charge in [0.25, 0.3) is 5.91 Å². The number of amides is 1. The molecule has 0 aliphatic heterocycles. The molecule has 0 aromatic carbocycles. The molecule has 0 saturated carbocycles. The number of aryl methyl sites for hydroxylation is 1. The molecule has 0 saturated heterocycles. The van der Waals surface area contributed by atoms with Crippen LogP contribution in [0, 0.1) is 12.8 Å². The van der Waals surface area contributed by atoms with Crippen LogP contribution < -0.4 is 5.32 Å². The Morgan fingerprint density at radius 2 is 1.95 bits per heavy atom. The molecule has 0 spiro atoms. The van der Waals surface area contributed by atoms with Crippen LogP contribution in [0.1, 0.15) is 58.9 Å². The van der Waals surface area contributed by atoms with Crippen molar-refractivity contribution in [2.75, 3.05) is 0 Å². The van der Waals surface area contributed by atoms with Crippen LogP contribution in [-0.2, 0) is 11.2 Å². The molecule has 1 atom stereocenters. The molecule has 1 heterocycles. The molecule has 1 unspecified atom stereocenters. The lowest BCUT2D eigenvalue weighted by Crippen LogP contribution is -2.44. The van der Waals surface area contributed by atoms with Gasteiger partial charge >= 0.3 is 5.97 Å². The Kier molecular flexibility index (Phi) is 4.16. The zero-order valence-electron chi connectivity index (χ0n) is 12.4. The van der Waals surface area contributed by atoms with Gasteiger partial charge in [-0.1, -0.05) is 13.8 Å². The number of carbonyl (C=O) groups is 3. The fourth-order valence-corrected chi connectivity index (χ4v) is 2.59. The van der Waals surface area contributed by atoms with Crippen LogP contribution in [-0.4, -0.2) is 28.8 Å². The predicted octanol–water partition coefficient (Wildman–Crippen LogP) is 1.95. The highest BCUT2D eigenvalue weighted by atomic mass is 16.4. The molecule has 0 radical (unpaired) electrons. The second kappa shape index (κ2) is 5.71. The Morgan fingerprint density at radius 1 is 1.29 bits per heavy atom. The van der Waals surface area contributed by atoms with Gasteiger partial charge in [0.05, 0.1) is 5.56 Å². The smallest absolute Gasteiger partial charge is 0.326 e. The van der Waals surface area contributed by atoms with Crippen LogP contribution in [0.3, 0.4) is 0 Å². The van der Waals surface area contributed by atoms with Crippen LogP contribution in [0.5, 0.6) is 0 Å². The molecule has 2 N–H and O–H groups in total. The van der Waals surface area contributed by atoms with Crippen molar-refractivity contribution >= 4 is 17.7 Å². The molecule has 21 heavy (non-hydrogen) atoms. The first-order chi connectivity index (χ1) is 9.82. The average molecular weight is 293 g/mol. The van der Waals surface area contributed by atoms with Crippen LogP contribution in [0.4, 0.5) is 0 Å². The van der Waals surface area contributed by atoms with Crippen molar-refractivity contribution in [2.24, 2.45) is 5.92 Å². The number of hydrogen-bond acceptors (Lipinski definition) is 4. The molecule has 6 heteroatoms. The van der Waals surface area contributed by atoms with Crippen LogP contribution >= 0.6 is 0 Å². The second-order valence-electron chi connectivity index (χ2n) is 5.66. The highest BCUT2D eigenvalue weighted by molar-refractivity contribution is 6.04. The normalized spacial score (nSPS) is 15.7. The summed E-state index contributed by atoms with van der Waals surface area (Å²) < 4.78 is 5.50. The number of Topliss-reactive ketones (excluding diaryl/α,β-unsaturated/α-hetero) is 1. The minimum atomic E-state index is -1.09. The Hall–Kier alpha value is -2.11. The molecule has 2 rings (SSSR count). The first-order valence-corrected chi connectivity index (χ1v) is 7.02. The standard InChI is InChI=1S/C15H19NO5/c1-7(2)12(15(19)20)16-14(18)13-8(3)11-9(17)5-4-6-10(11)21-13/h7,12H,4-6H2,1-3H3,(H,16,18)(H,19,20). The third kappa shape index (κ3) is 2.84. The fourth-order valence-electron chi connectivity index (χ4n) is 2.59. The first kappa shape index (κ1) is 15.3. The largest absolute Gasteiger partial charge is 0.480 e. The van der Waals surface area contributed by atoms with Gasteiger partial charge in [-0.2, -0.15) is 0 Å². The average Bonchev–Trinajstić information content (AvgIpc) is 2.73. The topological polar surface area (TPSA) is 96.6 Å². The zero-order valence-corrected chi connectivity index (χ0v) is 12.4. The monoisotopic (exact) mass is 293 g/mol. The van der Waals surface area contributed by atoms with E-state index in [0.29, 0.717) is 36.1 Å². The lowest BCUT2D eigenvalue weighted by Gasteiger charge is -2.17. The summed E-state index contributed by atoms with van der Waals surface area (Å²) in [5, 5.41) is 11.6. The lowest BCUT2D eigenvalue weighted by molar-refractivity contribution is -0.140. The lowest BCUT2D eigenvalue weighted by atomic mass is 9.94. The second-order valence-corrected chi connectivity index (χ2v) is 5.66. The van der Waals surface area contributed by atoms with Gasteiger partial charge in [-0.15, -0.1) is 0 Å². The van der Waals surface area contributed by atoms with E-state index in [1.165, 1.54) is 0 Å². The molecule has 1 aromatic rings. The maximum absolute atomic E-state index is 12.2. The first-order valence-electron chi connectivity index (χ1n) is 7.02. The zero-order chi connectivity index (χ0) is 15.7. The van der Waals surface area contributed by atoms with Gasteiger partial charge in [0.1, 0.15) is 11.8 Å². The minimum Gasteiger partial charge on any atom is -0.480 e. The number of rotatable bonds is 4. The number of furan rings is 1. The van der Waals surface area contributed by atoms with Gasteiger partial charge in [-0.05, 0) is 19.3 Å². The van der Waals surface area contributed by atoms with E-state index < -0.39 is 17.9 Å². The Balaban J connectivity index is 2.28. The van der Waals surface area contributed by atoms with Crippen molar-refractivity contribution in [1.82, 2.24) is 5.32 Å². The maximum atomic E-state index is 12.2. The molecular weight excluding hydrogens is 274 g/mol. The summed E-state index contributed by atoms with van der Waals surface area (Å²) in [7, 11) is 0. The summed E-state index contributed by atoms with van der Waals surface area (Å²) >= 11 is 0. The van der Waals surface area contributed by atoms with E-state index in [0.717, 1.165) is 0 Å². The van der Waals surface area contributed by atoms with E-state index in [4.69, 9.17) is 9.52 Å². The maximum Gasteiger partial charge on any atom is 0.326 e. The van der Waals surface area contributed by atoms with E-state index in [-0.39, 0.29) is 17.5 Å². The molecule has 1 aliphatic rings. The number of carboxylic acids is 1. The molecular formula is C15H19NO5. The summed E-state index contributed by atoms with van der Waals surface area (Å²) in [6.45, 7) is 5.08. The van der Waals surface area contributed by atoms with Crippen molar-refractivity contribution in [3.8, 4) is 0 Å². The van der Waals surface area contributed by atoms with Crippen molar-refractivity contribution in [2.45, 2.75) is 46.1 Å². The highest BCUT2D eigenvalue weighted by Crippen LogP contribution is 2.29. The predicted molar refractivity (Wildman–Crippen MR) is 74.4 cm³/mol. The van der Waals surface area contributed by atoms with E-state index >= 15 is 0 Å². The minimum absolute atomic E-state index is 0.0183. The fraction of sp³-hybridized carbons (Fsp3) is 0.533. The van der Waals surface area contributed by atoms with Gasteiger partial charge in [-0.3, -0.25) is 9.59 Å². The third-order valence-electron chi connectivity index (χ3n) is 3.73. The van der Waals surface area contributed by atoms with E-state index in [1.807, 2.05) is 0 Å². The van der Waals surface area contributed by atoms with E-state index in [1.54, 1.807) is 20.8 Å². The number of carboxylic acid groups (broad SMARTS) is 1. The number of nitrogens with one attached hydrogen (secondary N) is 1. The summed E-state index contributed by atoms with van der Waals surface area (Å²) in [6.07, 6.45) is 1.80. The molecule has 1 aromatic heterocycles. The summed E-state index contributed by atoms with van der Waals surface area (Å²) in [4.78, 5) is 35.3. The van der Waals surface area contributed by atoms with Crippen LogP contribution in [0.2, 0.25) is 0 Å². The molecule has 114 valence electrons. The van der Waals surface area contributed by atoms with Crippen LogP contribution in [0.25, 0.3) is 0 Å². The Bertz CT molecular complexity index is 599.